The zero-order chi connectivity index (χ0) is 25.7. The zero-order valence-corrected chi connectivity index (χ0v) is 20.9. The maximum Gasteiger partial charge on any atom is 0.335 e. The van der Waals surface area contributed by atoms with Crippen molar-refractivity contribution in [3.8, 4) is 0 Å². The molecule has 5 rings (SSSR count). The lowest BCUT2D eigenvalue weighted by atomic mass is 9.51. The van der Waals surface area contributed by atoms with Crippen LogP contribution in [0.5, 0.6) is 0 Å². The van der Waals surface area contributed by atoms with Crippen molar-refractivity contribution >= 4 is 17.9 Å². The van der Waals surface area contributed by atoms with Gasteiger partial charge in [-0.2, -0.15) is 0 Å². The maximum absolute atomic E-state index is 12.9. The molecule has 0 aromatic carbocycles. The largest absolute Gasteiger partial charge is 0.463 e. The van der Waals surface area contributed by atoms with Gasteiger partial charge in [0.25, 0.3) is 0 Å². The third-order valence-electron chi connectivity index (χ3n) is 9.12. The number of hydrogen-bond donors (Lipinski definition) is 1. The number of epoxide rings is 1. The summed E-state index contributed by atoms with van der Waals surface area (Å²) in [6.45, 7) is 6.34. The van der Waals surface area contributed by atoms with Crippen molar-refractivity contribution in [2.45, 2.75) is 76.5 Å². The molecule has 1 saturated carbocycles. The van der Waals surface area contributed by atoms with E-state index in [0.717, 1.165) is 6.42 Å². The van der Waals surface area contributed by atoms with E-state index < -0.39 is 52.5 Å². The van der Waals surface area contributed by atoms with Crippen molar-refractivity contribution in [2.75, 3.05) is 19.8 Å². The average Bonchev–Trinajstić information content (AvgIpc) is 3.62. The Morgan fingerprint density at radius 2 is 1.75 bits per heavy atom. The Labute approximate surface area is 210 Å². The zero-order valence-electron chi connectivity index (χ0n) is 20.9. The number of rotatable bonds is 0. The molecule has 9 nitrogen and oxygen atoms in total. The lowest BCUT2D eigenvalue weighted by molar-refractivity contribution is -0.234. The highest BCUT2D eigenvalue weighted by Crippen LogP contribution is 2.72. The number of allylic oxidation sites excluding steroid dienone is 3. The minimum absolute atomic E-state index is 0.00000344. The predicted molar refractivity (Wildman–Crippen MR) is 125 cm³/mol. The highest BCUT2D eigenvalue weighted by atomic mass is 16.6. The van der Waals surface area contributed by atoms with E-state index in [4.69, 9.17) is 23.7 Å². The van der Waals surface area contributed by atoms with Gasteiger partial charge in [-0.15, -0.1) is 0 Å². The fourth-order valence-electron chi connectivity index (χ4n) is 6.65. The van der Waals surface area contributed by atoms with E-state index in [-0.39, 0.29) is 31.8 Å². The number of carbonyl (C=O) groups is 3. The maximum atomic E-state index is 12.9. The number of carbonyl (C=O) groups excluding carboxylic acids is 3. The molecule has 0 radical (unpaired) electrons. The van der Waals surface area contributed by atoms with Crippen LogP contribution in [0.1, 0.15) is 46.5 Å². The summed E-state index contributed by atoms with van der Waals surface area (Å²) >= 11 is 0. The standard InChI is InChI=1S/C27H34O9/c1-16-8-10-26-14-33-24(31)23(30)17(2)9-11-32-21(28)6-4-5-7-22(29)36-18-13-20(35-19(26)12-16)27(15-34-27)25(18,26)3/h4-7,12,17-20,23,30H,8-11,13-15H2,1-3H3/t17-,18-,19-,20-,23-,25-,26+,27-/m0/s1. The van der Waals surface area contributed by atoms with Crippen LogP contribution in [0.4, 0.5) is 0 Å². The summed E-state index contributed by atoms with van der Waals surface area (Å²) in [6, 6.07) is 0. The highest BCUT2D eigenvalue weighted by Gasteiger charge is 2.83. The third kappa shape index (κ3) is 3.83. The van der Waals surface area contributed by atoms with Crippen molar-refractivity contribution in [3.63, 3.8) is 0 Å². The first kappa shape index (κ1) is 25.2. The molecule has 36 heavy (non-hydrogen) atoms. The SMILES string of the molecule is CC1=C[C@@H]2O[C@H]3C[C@@H]4OC(=O)C=CC=CC(=O)OCC[C@H](C)[C@H](O)C(=O)OC[C@@]2(CC1)[C@@]4(C)[C@]31CO1. The van der Waals surface area contributed by atoms with Crippen LogP contribution in [-0.2, 0) is 38.1 Å². The van der Waals surface area contributed by atoms with Crippen molar-refractivity contribution in [2.24, 2.45) is 16.7 Å². The number of ether oxygens (including phenoxy) is 5. The molecule has 8 atom stereocenters. The van der Waals surface area contributed by atoms with E-state index in [9.17, 15) is 19.5 Å². The van der Waals surface area contributed by atoms with Gasteiger partial charge in [-0.1, -0.05) is 37.6 Å². The fraction of sp³-hybridized carbons (Fsp3) is 0.667. The molecule has 3 fully saturated rings. The van der Waals surface area contributed by atoms with Gasteiger partial charge >= 0.3 is 17.9 Å². The Morgan fingerprint density at radius 1 is 1.03 bits per heavy atom. The summed E-state index contributed by atoms with van der Waals surface area (Å²) in [5, 5.41) is 10.6. The molecule has 0 aromatic rings. The Hall–Kier alpha value is -2.49. The van der Waals surface area contributed by atoms with Gasteiger partial charge in [0.15, 0.2) is 6.10 Å². The Bertz CT molecular complexity index is 1020. The summed E-state index contributed by atoms with van der Waals surface area (Å²) in [5.74, 6) is -2.34. The summed E-state index contributed by atoms with van der Waals surface area (Å²) in [4.78, 5) is 37.6. The van der Waals surface area contributed by atoms with Gasteiger partial charge in [0, 0.05) is 24.0 Å². The molecule has 2 bridgehead atoms. The van der Waals surface area contributed by atoms with Gasteiger partial charge in [-0.25, -0.2) is 14.4 Å². The smallest absolute Gasteiger partial charge is 0.335 e. The Balaban J connectivity index is 1.52. The minimum atomic E-state index is -1.37. The van der Waals surface area contributed by atoms with E-state index in [2.05, 4.69) is 19.9 Å². The van der Waals surface area contributed by atoms with Gasteiger partial charge in [0.2, 0.25) is 0 Å². The first-order valence-corrected chi connectivity index (χ1v) is 12.7. The lowest BCUT2D eigenvalue weighted by Gasteiger charge is -2.58. The second kappa shape index (κ2) is 9.11. The van der Waals surface area contributed by atoms with Gasteiger partial charge in [0.05, 0.1) is 30.8 Å². The number of esters is 3. The molecule has 2 saturated heterocycles. The first-order valence-electron chi connectivity index (χ1n) is 12.7. The van der Waals surface area contributed by atoms with Crippen LogP contribution < -0.4 is 0 Å². The highest BCUT2D eigenvalue weighted by molar-refractivity contribution is 5.84. The van der Waals surface area contributed by atoms with Gasteiger partial charge in [-0.3, -0.25) is 0 Å². The van der Waals surface area contributed by atoms with Crippen LogP contribution in [0.15, 0.2) is 36.0 Å². The molecule has 0 aromatic heterocycles. The van der Waals surface area contributed by atoms with Crippen LogP contribution >= 0.6 is 0 Å². The molecule has 0 amide bonds. The van der Waals surface area contributed by atoms with E-state index in [1.54, 1.807) is 6.92 Å². The molecular weight excluding hydrogens is 468 g/mol. The molecule has 0 unspecified atom stereocenters. The predicted octanol–water partition coefficient (Wildman–Crippen LogP) is 2.17. The van der Waals surface area contributed by atoms with Crippen molar-refractivity contribution in [3.05, 3.63) is 36.0 Å². The monoisotopic (exact) mass is 502 g/mol. The lowest BCUT2D eigenvalue weighted by Crippen LogP contribution is -2.66. The normalized spacial score (nSPS) is 45.1. The Morgan fingerprint density at radius 3 is 2.47 bits per heavy atom. The number of aliphatic hydroxyl groups excluding tert-OH is 1. The molecule has 3 aliphatic heterocycles. The van der Waals surface area contributed by atoms with Gasteiger partial charge < -0.3 is 28.8 Å². The quantitative estimate of drug-likeness (QED) is 0.230. The van der Waals surface area contributed by atoms with Gasteiger partial charge in [-0.05, 0) is 32.1 Å². The molecule has 2 spiro atoms. The average molecular weight is 503 g/mol. The van der Waals surface area contributed by atoms with Crippen LogP contribution in [0.2, 0.25) is 0 Å². The van der Waals surface area contributed by atoms with Crippen LogP contribution in [-0.4, -0.2) is 72.9 Å². The molecule has 3 heterocycles. The molecular formula is C27H34O9. The summed E-state index contributed by atoms with van der Waals surface area (Å²) in [7, 11) is 0. The summed E-state index contributed by atoms with van der Waals surface area (Å²) in [5.41, 5.74) is -0.820. The van der Waals surface area contributed by atoms with E-state index in [0.29, 0.717) is 19.4 Å². The number of cyclic esters (lactones) is 2. The number of hydrogen-bond acceptors (Lipinski definition) is 9. The van der Waals surface area contributed by atoms with E-state index in [1.165, 1.54) is 29.9 Å². The van der Waals surface area contributed by atoms with Crippen LogP contribution in [0.3, 0.4) is 0 Å². The topological polar surface area (TPSA) is 121 Å². The Kier molecular flexibility index (Phi) is 6.37. The van der Waals surface area contributed by atoms with Crippen LogP contribution in [0, 0.1) is 16.7 Å². The van der Waals surface area contributed by atoms with Crippen LogP contribution in [0.25, 0.3) is 0 Å². The van der Waals surface area contributed by atoms with Gasteiger partial charge in [0.1, 0.15) is 18.3 Å². The minimum Gasteiger partial charge on any atom is -0.463 e. The molecule has 196 valence electrons. The summed E-state index contributed by atoms with van der Waals surface area (Å²) in [6.07, 6.45) is 7.11. The molecule has 1 N–H and O–H groups in total. The second-order valence-electron chi connectivity index (χ2n) is 11.0. The third-order valence-corrected chi connectivity index (χ3v) is 9.12. The summed E-state index contributed by atoms with van der Waals surface area (Å²) < 4.78 is 29.6. The first-order chi connectivity index (χ1) is 17.1. The van der Waals surface area contributed by atoms with E-state index >= 15 is 0 Å². The fourth-order valence-corrected chi connectivity index (χ4v) is 6.65. The number of aliphatic hydroxyl groups is 1. The molecule has 2 aliphatic carbocycles. The second-order valence-corrected chi connectivity index (χ2v) is 11.0. The molecule has 5 aliphatic rings. The van der Waals surface area contributed by atoms with Crippen molar-refractivity contribution in [1.82, 2.24) is 0 Å². The molecule has 9 heteroatoms. The van der Waals surface area contributed by atoms with Crippen molar-refractivity contribution in [1.29, 1.82) is 0 Å². The van der Waals surface area contributed by atoms with E-state index in [1.807, 2.05) is 0 Å². The van der Waals surface area contributed by atoms with Crippen molar-refractivity contribution < 1.29 is 43.2 Å².